The minimum atomic E-state index is -1.05. The third-order valence-electron chi connectivity index (χ3n) is 2.60. The maximum Gasteiger partial charge on any atom is 0.311 e. The molecule has 2 unspecified atom stereocenters. The summed E-state index contributed by atoms with van der Waals surface area (Å²) in [5.41, 5.74) is -0.869. The molecule has 1 aliphatic heterocycles. The van der Waals surface area contributed by atoms with Crippen LogP contribution in [0.25, 0.3) is 0 Å². The molecule has 0 amide bonds. The van der Waals surface area contributed by atoms with Gasteiger partial charge in [-0.2, -0.15) is 0 Å². The molecule has 2 N–H and O–H groups in total. The van der Waals surface area contributed by atoms with Crippen molar-refractivity contribution in [1.82, 2.24) is 5.32 Å². The van der Waals surface area contributed by atoms with Gasteiger partial charge < -0.3 is 10.4 Å². The lowest BCUT2D eigenvalue weighted by Gasteiger charge is -2.34. The first-order chi connectivity index (χ1) is 6.07. The highest BCUT2D eigenvalue weighted by molar-refractivity contribution is 5.75. The van der Waals surface area contributed by atoms with Gasteiger partial charge in [-0.05, 0) is 32.7 Å². The van der Waals surface area contributed by atoms with Crippen molar-refractivity contribution in [3.05, 3.63) is 0 Å². The molecule has 0 aromatic carbocycles. The molecule has 1 saturated heterocycles. The van der Waals surface area contributed by atoms with Crippen LogP contribution in [-0.2, 0) is 4.79 Å². The van der Waals surface area contributed by atoms with Crippen LogP contribution in [0.4, 0.5) is 4.39 Å². The Kier molecular flexibility index (Phi) is 3.25. The second kappa shape index (κ2) is 4.05. The highest BCUT2D eigenvalue weighted by atomic mass is 19.1. The zero-order chi connectivity index (χ0) is 9.90. The normalized spacial score (nSPS) is 31.2. The van der Waals surface area contributed by atoms with Gasteiger partial charge in [0, 0.05) is 6.54 Å². The average Bonchev–Trinajstić information content (AvgIpc) is 2.04. The molecule has 1 fully saturated rings. The number of hydrogen-bond donors (Lipinski definition) is 2. The van der Waals surface area contributed by atoms with Gasteiger partial charge in [-0.15, -0.1) is 0 Å². The quantitative estimate of drug-likeness (QED) is 0.701. The van der Waals surface area contributed by atoms with E-state index < -0.39 is 17.6 Å². The molecule has 1 rings (SSSR count). The van der Waals surface area contributed by atoms with Crippen molar-refractivity contribution in [3.8, 4) is 0 Å². The highest BCUT2D eigenvalue weighted by Gasteiger charge is 2.40. The number of hydrogen-bond acceptors (Lipinski definition) is 2. The second-order valence-corrected chi connectivity index (χ2v) is 3.85. The van der Waals surface area contributed by atoms with Crippen LogP contribution in [-0.4, -0.2) is 30.3 Å². The van der Waals surface area contributed by atoms with E-state index in [-0.39, 0.29) is 6.42 Å². The molecule has 1 aliphatic rings. The number of carboxylic acids is 1. The van der Waals surface area contributed by atoms with Crippen molar-refractivity contribution in [3.63, 3.8) is 0 Å². The smallest absolute Gasteiger partial charge is 0.311 e. The van der Waals surface area contributed by atoms with Gasteiger partial charge >= 0.3 is 5.97 Å². The molecule has 1 heterocycles. The number of nitrogens with one attached hydrogen (secondary N) is 1. The second-order valence-electron chi connectivity index (χ2n) is 3.85. The lowest BCUT2D eigenvalue weighted by Crippen LogP contribution is -2.46. The summed E-state index contributed by atoms with van der Waals surface area (Å²) < 4.78 is 12.8. The Hall–Kier alpha value is -0.640. The zero-order valence-electron chi connectivity index (χ0n) is 7.85. The van der Waals surface area contributed by atoms with Crippen molar-refractivity contribution < 1.29 is 14.3 Å². The number of carbonyl (C=O) groups is 1. The number of halogens is 1. The van der Waals surface area contributed by atoms with E-state index in [2.05, 4.69) is 5.32 Å². The summed E-state index contributed by atoms with van der Waals surface area (Å²) >= 11 is 0. The third kappa shape index (κ3) is 2.40. The van der Waals surface area contributed by atoms with Gasteiger partial charge in [0.25, 0.3) is 0 Å². The molecule has 0 bridgehead atoms. The average molecular weight is 189 g/mol. The standard InChI is InChI=1S/C9H16FNO2/c1-7(10)5-9(8(12)13)3-2-4-11-6-9/h7,11H,2-6H2,1H3,(H,12,13). The summed E-state index contributed by atoms with van der Waals surface area (Å²) in [6.07, 6.45) is 0.480. The topological polar surface area (TPSA) is 49.3 Å². The van der Waals surface area contributed by atoms with E-state index in [0.29, 0.717) is 13.0 Å². The minimum Gasteiger partial charge on any atom is -0.481 e. The van der Waals surface area contributed by atoms with Crippen molar-refractivity contribution in [2.24, 2.45) is 5.41 Å². The first kappa shape index (κ1) is 10.4. The molecule has 0 aliphatic carbocycles. The first-order valence-corrected chi connectivity index (χ1v) is 4.65. The van der Waals surface area contributed by atoms with Crippen LogP contribution in [0.15, 0.2) is 0 Å². The molecule has 0 aromatic heterocycles. The zero-order valence-corrected chi connectivity index (χ0v) is 7.85. The number of rotatable bonds is 3. The third-order valence-corrected chi connectivity index (χ3v) is 2.60. The molecule has 0 radical (unpaired) electrons. The molecule has 2 atom stereocenters. The molecule has 13 heavy (non-hydrogen) atoms. The Labute approximate surface area is 77.3 Å². The summed E-state index contributed by atoms with van der Waals surface area (Å²) in [5.74, 6) is -0.871. The number of aliphatic carboxylic acids is 1. The van der Waals surface area contributed by atoms with Gasteiger partial charge in [0.15, 0.2) is 0 Å². The minimum absolute atomic E-state index is 0.120. The molecule has 0 spiro atoms. The van der Waals surface area contributed by atoms with Crippen molar-refractivity contribution in [2.45, 2.75) is 32.4 Å². The van der Waals surface area contributed by atoms with Crippen molar-refractivity contribution >= 4 is 5.97 Å². The lowest BCUT2D eigenvalue weighted by molar-refractivity contribution is -0.151. The summed E-state index contributed by atoms with van der Waals surface area (Å²) in [4.78, 5) is 11.0. The Morgan fingerprint density at radius 3 is 2.85 bits per heavy atom. The molecule has 76 valence electrons. The van der Waals surface area contributed by atoms with Gasteiger partial charge in [-0.1, -0.05) is 0 Å². The van der Waals surface area contributed by atoms with Crippen LogP contribution < -0.4 is 5.32 Å². The predicted molar refractivity (Wildman–Crippen MR) is 47.4 cm³/mol. The summed E-state index contributed by atoms with van der Waals surface area (Å²) in [6, 6.07) is 0. The Balaban J connectivity index is 2.67. The highest BCUT2D eigenvalue weighted by Crippen LogP contribution is 2.32. The summed E-state index contributed by atoms with van der Waals surface area (Å²) in [7, 11) is 0. The molecular weight excluding hydrogens is 173 g/mol. The van der Waals surface area contributed by atoms with E-state index in [1.165, 1.54) is 6.92 Å². The van der Waals surface area contributed by atoms with Gasteiger partial charge in [-0.3, -0.25) is 4.79 Å². The van der Waals surface area contributed by atoms with E-state index >= 15 is 0 Å². The van der Waals surface area contributed by atoms with Gasteiger partial charge in [-0.25, -0.2) is 4.39 Å². The van der Waals surface area contributed by atoms with Crippen molar-refractivity contribution in [2.75, 3.05) is 13.1 Å². The summed E-state index contributed by atoms with van der Waals surface area (Å²) in [6.45, 7) is 2.66. The molecule has 4 heteroatoms. The van der Waals surface area contributed by atoms with Crippen molar-refractivity contribution in [1.29, 1.82) is 0 Å². The fourth-order valence-electron chi connectivity index (χ4n) is 1.95. The van der Waals surface area contributed by atoms with E-state index in [0.717, 1.165) is 13.0 Å². The van der Waals surface area contributed by atoms with E-state index in [1.807, 2.05) is 0 Å². The lowest BCUT2D eigenvalue weighted by atomic mass is 9.77. The maximum atomic E-state index is 12.8. The van der Waals surface area contributed by atoms with Gasteiger partial charge in [0.2, 0.25) is 0 Å². The number of piperidine rings is 1. The Morgan fingerprint density at radius 2 is 2.46 bits per heavy atom. The monoisotopic (exact) mass is 189 g/mol. The van der Waals surface area contributed by atoms with Crippen LogP contribution in [0, 0.1) is 5.41 Å². The Bertz CT molecular complexity index is 188. The predicted octanol–water partition coefficient (Wildman–Crippen LogP) is 1.19. The molecular formula is C9H16FNO2. The Morgan fingerprint density at radius 1 is 1.77 bits per heavy atom. The van der Waals surface area contributed by atoms with E-state index in [4.69, 9.17) is 5.11 Å². The van der Waals surface area contributed by atoms with E-state index in [9.17, 15) is 9.18 Å². The SMILES string of the molecule is CC(F)CC1(C(=O)O)CCCNC1. The van der Waals surface area contributed by atoms with Gasteiger partial charge in [0.05, 0.1) is 11.6 Å². The molecule has 0 saturated carbocycles. The van der Waals surface area contributed by atoms with Crippen LogP contribution in [0.5, 0.6) is 0 Å². The largest absolute Gasteiger partial charge is 0.481 e. The fourth-order valence-corrected chi connectivity index (χ4v) is 1.95. The maximum absolute atomic E-state index is 12.8. The summed E-state index contributed by atoms with van der Waals surface area (Å²) in [5, 5.41) is 12.0. The van der Waals surface area contributed by atoms with Crippen LogP contribution in [0.1, 0.15) is 26.2 Å². The van der Waals surface area contributed by atoms with Gasteiger partial charge in [0.1, 0.15) is 0 Å². The first-order valence-electron chi connectivity index (χ1n) is 4.65. The fraction of sp³-hybridized carbons (Fsp3) is 0.889. The number of alkyl halides is 1. The molecule has 3 nitrogen and oxygen atoms in total. The number of carboxylic acid groups (broad SMARTS) is 1. The van der Waals surface area contributed by atoms with Crippen LogP contribution in [0.3, 0.4) is 0 Å². The molecule has 0 aromatic rings. The van der Waals surface area contributed by atoms with Crippen LogP contribution >= 0.6 is 0 Å². The van der Waals surface area contributed by atoms with Crippen LogP contribution in [0.2, 0.25) is 0 Å². The van der Waals surface area contributed by atoms with E-state index in [1.54, 1.807) is 0 Å².